The second-order valence-corrected chi connectivity index (χ2v) is 7.90. The Kier molecular flexibility index (Phi) is 8.12. The summed E-state index contributed by atoms with van der Waals surface area (Å²) in [5.41, 5.74) is 1.92. The summed E-state index contributed by atoms with van der Waals surface area (Å²) in [6, 6.07) is 12.0. The SMILES string of the molecule is CCOC(=O)OC1C(O)C(c2ccc(Cl)c(Cc3ccc(OC)cc3)c2)OC(CO)C1(F)F. The summed E-state index contributed by atoms with van der Waals surface area (Å²) >= 11 is 6.34. The van der Waals surface area contributed by atoms with Crippen molar-refractivity contribution in [3.05, 3.63) is 64.2 Å². The summed E-state index contributed by atoms with van der Waals surface area (Å²) in [7, 11) is 1.56. The lowest BCUT2D eigenvalue weighted by Crippen LogP contribution is -2.61. The number of aliphatic hydroxyl groups excluding tert-OH is 2. The van der Waals surface area contributed by atoms with Gasteiger partial charge in [0.05, 0.1) is 20.3 Å². The molecule has 1 aliphatic heterocycles. The van der Waals surface area contributed by atoms with Crippen LogP contribution in [0.25, 0.3) is 0 Å². The topological polar surface area (TPSA) is 94.5 Å². The molecule has 0 radical (unpaired) electrons. The molecule has 7 nitrogen and oxygen atoms in total. The molecule has 10 heteroatoms. The molecule has 1 saturated heterocycles. The van der Waals surface area contributed by atoms with Crippen LogP contribution in [0.2, 0.25) is 5.02 Å². The van der Waals surface area contributed by atoms with Crippen molar-refractivity contribution in [2.24, 2.45) is 0 Å². The average Bonchev–Trinajstić information content (AvgIpc) is 2.79. The van der Waals surface area contributed by atoms with Gasteiger partial charge in [0.1, 0.15) is 24.1 Å². The summed E-state index contributed by atoms with van der Waals surface area (Å²) in [5, 5.41) is 20.6. The van der Waals surface area contributed by atoms with Crippen LogP contribution in [-0.2, 0) is 20.6 Å². The van der Waals surface area contributed by atoms with E-state index in [0.29, 0.717) is 28.3 Å². The summed E-state index contributed by atoms with van der Waals surface area (Å²) in [5.74, 6) is -3.16. The molecular formula is C23H25ClF2O7. The zero-order valence-electron chi connectivity index (χ0n) is 18.0. The number of hydrogen-bond donors (Lipinski definition) is 2. The first-order valence-electron chi connectivity index (χ1n) is 10.3. The van der Waals surface area contributed by atoms with Gasteiger partial charge in [-0.15, -0.1) is 0 Å². The summed E-state index contributed by atoms with van der Waals surface area (Å²) < 4.78 is 49.3. The number of alkyl halides is 2. The van der Waals surface area contributed by atoms with Gasteiger partial charge in [0.2, 0.25) is 0 Å². The molecule has 4 unspecified atom stereocenters. The highest BCUT2D eigenvalue weighted by Crippen LogP contribution is 2.43. The van der Waals surface area contributed by atoms with Crippen LogP contribution < -0.4 is 4.74 Å². The van der Waals surface area contributed by atoms with Gasteiger partial charge in [-0.05, 0) is 48.2 Å². The van der Waals surface area contributed by atoms with Crippen LogP contribution in [0.4, 0.5) is 13.6 Å². The fourth-order valence-corrected chi connectivity index (χ4v) is 3.82. The zero-order valence-corrected chi connectivity index (χ0v) is 18.8. The highest BCUT2D eigenvalue weighted by molar-refractivity contribution is 6.31. The van der Waals surface area contributed by atoms with E-state index in [1.165, 1.54) is 13.0 Å². The van der Waals surface area contributed by atoms with Crippen LogP contribution in [0.3, 0.4) is 0 Å². The van der Waals surface area contributed by atoms with Crippen molar-refractivity contribution in [1.29, 1.82) is 0 Å². The maximum absolute atomic E-state index is 14.8. The first kappa shape index (κ1) is 25.2. The first-order valence-corrected chi connectivity index (χ1v) is 10.7. The molecule has 0 aliphatic carbocycles. The molecule has 0 amide bonds. The van der Waals surface area contributed by atoms with Crippen LogP contribution in [0, 0.1) is 0 Å². The number of benzene rings is 2. The zero-order chi connectivity index (χ0) is 24.2. The fourth-order valence-electron chi connectivity index (χ4n) is 3.63. The molecule has 33 heavy (non-hydrogen) atoms. The standard InChI is InChI=1S/C23H25ClF2O7/c1-3-31-22(29)33-21-19(28)20(32-18(12-27)23(21,25)26)14-6-9-17(24)15(11-14)10-13-4-7-16(30-2)8-5-13/h4-9,11,18-21,27-28H,3,10,12H2,1-2H3. The summed E-state index contributed by atoms with van der Waals surface area (Å²) in [6.45, 7) is 0.338. The van der Waals surface area contributed by atoms with Crippen LogP contribution in [0.15, 0.2) is 42.5 Å². The summed E-state index contributed by atoms with van der Waals surface area (Å²) in [4.78, 5) is 11.7. The van der Waals surface area contributed by atoms with E-state index in [4.69, 9.17) is 25.8 Å². The van der Waals surface area contributed by atoms with Crippen molar-refractivity contribution in [2.75, 3.05) is 20.3 Å². The number of ether oxygens (including phenoxy) is 4. The molecule has 0 aromatic heterocycles. The maximum atomic E-state index is 14.8. The van der Waals surface area contributed by atoms with Crippen molar-refractivity contribution in [3.63, 3.8) is 0 Å². The van der Waals surface area contributed by atoms with Gasteiger partial charge in [-0.25, -0.2) is 4.79 Å². The van der Waals surface area contributed by atoms with Crippen LogP contribution in [0.5, 0.6) is 5.75 Å². The normalized spacial score (nSPS) is 24.2. The van der Waals surface area contributed by atoms with Crippen LogP contribution in [0.1, 0.15) is 29.7 Å². The Bertz CT molecular complexity index is 954. The molecule has 180 valence electrons. The Hall–Kier alpha value is -2.46. The Balaban J connectivity index is 1.90. The number of carbonyl (C=O) groups is 1. The molecule has 0 saturated carbocycles. The number of halogens is 3. The number of carbonyl (C=O) groups excluding carboxylic acids is 1. The number of rotatable bonds is 7. The van der Waals surface area contributed by atoms with Crippen molar-refractivity contribution in [3.8, 4) is 5.75 Å². The molecular weight excluding hydrogens is 462 g/mol. The molecule has 0 bridgehead atoms. The van der Waals surface area contributed by atoms with Crippen LogP contribution in [-0.4, -0.2) is 60.9 Å². The van der Waals surface area contributed by atoms with E-state index in [9.17, 15) is 23.8 Å². The third-order valence-corrected chi connectivity index (χ3v) is 5.71. The average molecular weight is 487 g/mol. The Morgan fingerprint density at radius 2 is 1.91 bits per heavy atom. The quantitative estimate of drug-likeness (QED) is 0.573. The maximum Gasteiger partial charge on any atom is 0.508 e. The van der Waals surface area contributed by atoms with Gasteiger partial charge < -0.3 is 29.2 Å². The van der Waals surface area contributed by atoms with Gasteiger partial charge in [-0.1, -0.05) is 35.9 Å². The Morgan fingerprint density at radius 3 is 2.52 bits per heavy atom. The van der Waals surface area contributed by atoms with E-state index in [2.05, 4.69) is 4.74 Å². The summed E-state index contributed by atoms with van der Waals surface area (Å²) in [6.07, 6.45) is -8.47. The van der Waals surface area contributed by atoms with E-state index in [1.54, 1.807) is 31.4 Å². The monoisotopic (exact) mass is 486 g/mol. The molecule has 2 aromatic rings. The third-order valence-electron chi connectivity index (χ3n) is 5.34. The Morgan fingerprint density at radius 1 is 1.21 bits per heavy atom. The Labute approximate surface area is 194 Å². The second kappa shape index (κ2) is 10.6. The van der Waals surface area contributed by atoms with Gasteiger partial charge >= 0.3 is 12.1 Å². The fraction of sp³-hybridized carbons (Fsp3) is 0.435. The highest BCUT2D eigenvalue weighted by atomic mass is 35.5. The van der Waals surface area contributed by atoms with Gasteiger partial charge in [0.15, 0.2) is 6.10 Å². The molecule has 4 atom stereocenters. The van der Waals surface area contributed by atoms with E-state index in [-0.39, 0.29) is 6.61 Å². The first-order chi connectivity index (χ1) is 15.7. The van der Waals surface area contributed by atoms with Gasteiger partial charge in [-0.2, -0.15) is 8.78 Å². The predicted octanol–water partition coefficient (Wildman–Crippen LogP) is 3.91. The lowest BCUT2D eigenvalue weighted by atomic mass is 9.89. The molecule has 1 heterocycles. The van der Waals surface area contributed by atoms with Crippen LogP contribution >= 0.6 is 11.6 Å². The number of methoxy groups -OCH3 is 1. The van der Waals surface area contributed by atoms with Crippen molar-refractivity contribution in [1.82, 2.24) is 0 Å². The minimum Gasteiger partial charge on any atom is -0.497 e. The highest BCUT2D eigenvalue weighted by Gasteiger charge is 2.60. The second-order valence-electron chi connectivity index (χ2n) is 7.49. The third kappa shape index (κ3) is 5.55. The molecule has 2 aromatic carbocycles. The van der Waals surface area contributed by atoms with E-state index < -0.39 is 43.1 Å². The largest absolute Gasteiger partial charge is 0.508 e. The van der Waals surface area contributed by atoms with Gasteiger partial charge in [0.25, 0.3) is 0 Å². The van der Waals surface area contributed by atoms with E-state index >= 15 is 0 Å². The predicted molar refractivity (Wildman–Crippen MR) is 115 cm³/mol. The lowest BCUT2D eigenvalue weighted by molar-refractivity contribution is -0.297. The smallest absolute Gasteiger partial charge is 0.497 e. The van der Waals surface area contributed by atoms with Gasteiger partial charge in [-0.3, -0.25) is 0 Å². The van der Waals surface area contributed by atoms with Crippen molar-refractivity contribution in [2.45, 2.75) is 43.7 Å². The van der Waals surface area contributed by atoms with E-state index in [1.807, 2.05) is 12.1 Å². The minimum atomic E-state index is -3.85. The molecule has 2 N–H and O–H groups in total. The number of hydrogen-bond acceptors (Lipinski definition) is 7. The van der Waals surface area contributed by atoms with Gasteiger partial charge in [0, 0.05) is 5.02 Å². The van der Waals surface area contributed by atoms with Crippen molar-refractivity contribution >= 4 is 17.8 Å². The lowest BCUT2D eigenvalue weighted by Gasteiger charge is -2.43. The molecule has 1 aliphatic rings. The molecule has 3 rings (SSSR count). The minimum absolute atomic E-state index is 0.0948. The van der Waals surface area contributed by atoms with E-state index in [0.717, 1.165) is 5.56 Å². The molecule has 1 fully saturated rings. The molecule has 0 spiro atoms. The number of aliphatic hydroxyl groups is 2. The van der Waals surface area contributed by atoms with Crippen molar-refractivity contribution < 1.29 is 42.7 Å².